The van der Waals surface area contributed by atoms with Crippen molar-refractivity contribution in [2.45, 2.75) is 6.42 Å². The minimum atomic E-state index is -0.975. The van der Waals surface area contributed by atoms with Gasteiger partial charge in [-0.1, -0.05) is 0 Å². The zero-order chi connectivity index (χ0) is 17.8. The Morgan fingerprint density at radius 3 is 2.84 bits per heavy atom. The Morgan fingerprint density at radius 1 is 1.28 bits per heavy atom. The molecule has 0 fully saturated rings. The van der Waals surface area contributed by atoms with Crippen molar-refractivity contribution >= 4 is 5.97 Å². The summed E-state index contributed by atoms with van der Waals surface area (Å²) in [5, 5.41) is 9.35. The van der Waals surface area contributed by atoms with Gasteiger partial charge in [-0.15, -0.1) is 0 Å². The third-order valence-electron chi connectivity index (χ3n) is 3.84. The second-order valence-electron chi connectivity index (χ2n) is 5.46. The molecule has 0 aromatic carbocycles. The summed E-state index contributed by atoms with van der Waals surface area (Å²) in [7, 11) is 1.58. The molecule has 4 N–H and O–H groups in total. The van der Waals surface area contributed by atoms with Gasteiger partial charge < -0.3 is 20.6 Å². The molecule has 0 atom stereocenters. The highest BCUT2D eigenvalue weighted by Gasteiger charge is 2.15. The number of ether oxygens (including phenoxy) is 1. The van der Waals surface area contributed by atoms with Gasteiger partial charge in [-0.25, -0.2) is 4.79 Å². The predicted octanol–water partition coefficient (Wildman–Crippen LogP) is 2.35. The first-order chi connectivity index (χ1) is 12.1. The van der Waals surface area contributed by atoms with Crippen LogP contribution in [0.15, 0.2) is 42.9 Å². The third kappa shape index (κ3) is 3.51. The van der Waals surface area contributed by atoms with Crippen molar-refractivity contribution in [1.82, 2.24) is 15.0 Å². The molecule has 0 aliphatic carbocycles. The number of pyridine rings is 2. The molecule has 0 spiro atoms. The standard InChI is InChI=1S/C18H18N4O3/c1-25-13-6-12(9-20-10-13)16-7-11(3-5-21-16)17-8-14(18(23)24)15(22-17)2-4-19/h3,5-10,22H,2,4,19H2,1H3,(H,23,24). The van der Waals surface area contributed by atoms with E-state index in [1.54, 1.807) is 31.8 Å². The monoisotopic (exact) mass is 338 g/mol. The summed E-state index contributed by atoms with van der Waals surface area (Å²) in [5.41, 5.74) is 9.49. The van der Waals surface area contributed by atoms with Crippen LogP contribution in [-0.2, 0) is 6.42 Å². The average molecular weight is 338 g/mol. The SMILES string of the molecule is COc1cncc(-c2cc(-c3cc(C(=O)O)c(CCN)[nH]3)ccn2)c1. The molecule has 3 aromatic heterocycles. The number of nitrogens with two attached hydrogens (primary N) is 1. The zero-order valence-corrected chi connectivity index (χ0v) is 13.7. The van der Waals surface area contributed by atoms with E-state index in [-0.39, 0.29) is 5.56 Å². The molecule has 0 saturated heterocycles. The second-order valence-corrected chi connectivity index (χ2v) is 5.46. The van der Waals surface area contributed by atoms with Crippen LogP contribution in [0.4, 0.5) is 0 Å². The molecule has 3 aromatic rings. The summed E-state index contributed by atoms with van der Waals surface area (Å²) in [6, 6.07) is 7.16. The quantitative estimate of drug-likeness (QED) is 0.635. The van der Waals surface area contributed by atoms with E-state index >= 15 is 0 Å². The molecule has 3 heterocycles. The lowest BCUT2D eigenvalue weighted by Gasteiger charge is -2.05. The number of aromatic amines is 1. The molecule has 128 valence electrons. The van der Waals surface area contributed by atoms with Gasteiger partial charge in [0.25, 0.3) is 0 Å². The van der Waals surface area contributed by atoms with E-state index in [4.69, 9.17) is 10.5 Å². The number of hydrogen-bond donors (Lipinski definition) is 3. The lowest BCUT2D eigenvalue weighted by atomic mass is 10.1. The lowest BCUT2D eigenvalue weighted by molar-refractivity contribution is 0.0696. The number of carboxylic acid groups (broad SMARTS) is 1. The Balaban J connectivity index is 2.01. The summed E-state index contributed by atoms with van der Waals surface area (Å²) in [6.07, 6.45) is 5.47. The molecular formula is C18H18N4O3. The van der Waals surface area contributed by atoms with E-state index < -0.39 is 5.97 Å². The normalized spacial score (nSPS) is 10.6. The molecule has 0 unspecified atom stereocenters. The van der Waals surface area contributed by atoms with Crippen molar-refractivity contribution in [3.63, 3.8) is 0 Å². The Labute approximate surface area is 144 Å². The number of H-pyrrole nitrogens is 1. The molecular weight excluding hydrogens is 320 g/mol. The van der Waals surface area contributed by atoms with Gasteiger partial charge in [0.1, 0.15) is 5.75 Å². The number of aromatic carboxylic acids is 1. The summed E-state index contributed by atoms with van der Waals surface area (Å²) in [6.45, 7) is 0.372. The van der Waals surface area contributed by atoms with Crippen LogP contribution in [0.3, 0.4) is 0 Å². The molecule has 0 aliphatic heterocycles. The minimum absolute atomic E-state index is 0.238. The van der Waals surface area contributed by atoms with Gasteiger partial charge in [-0.3, -0.25) is 9.97 Å². The van der Waals surface area contributed by atoms with Gasteiger partial charge in [-0.2, -0.15) is 0 Å². The maximum absolute atomic E-state index is 11.4. The van der Waals surface area contributed by atoms with Crippen LogP contribution in [0.1, 0.15) is 16.1 Å². The van der Waals surface area contributed by atoms with Crippen LogP contribution in [0.2, 0.25) is 0 Å². The molecule has 0 amide bonds. The lowest BCUT2D eigenvalue weighted by Crippen LogP contribution is -2.07. The minimum Gasteiger partial charge on any atom is -0.495 e. The number of rotatable bonds is 6. The van der Waals surface area contributed by atoms with Crippen LogP contribution in [0.25, 0.3) is 22.5 Å². The average Bonchev–Trinajstić information content (AvgIpc) is 3.06. The fraction of sp³-hybridized carbons (Fsp3) is 0.167. The third-order valence-corrected chi connectivity index (χ3v) is 3.84. The van der Waals surface area contributed by atoms with Crippen molar-refractivity contribution < 1.29 is 14.6 Å². The Morgan fingerprint density at radius 2 is 2.12 bits per heavy atom. The first-order valence-corrected chi connectivity index (χ1v) is 7.73. The maximum Gasteiger partial charge on any atom is 0.337 e. The highest BCUT2D eigenvalue weighted by atomic mass is 16.5. The number of methoxy groups -OCH3 is 1. The van der Waals surface area contributed by atoms with Gasteiger partial charge in [0.15, 0.2) is 0 Å². The first-order valence-electron chi connectivity index (χ1n) is 7.73. The van der Waals surface area contributed by atoms with E-state index in [1.807, 2.05) is 18.2 Å². The summed E-state index contributed by atoms with van der Waals surface area (Å²) in [5.74, 6) is -0.333. The Hall–Kier alpha value is -3.19. The largest absolute Gasteiger partial charge is 0.495 e. The second kappa shape index (κ2) is 7.14. The summed E-state index contributed by atoms with van der Waals surface area (Å²) < 4.78 is 5.19. The predicted molar refractivity (Wildman–Crippen MR) is 93.5 cm³/mol. The van der Waals surface area contributed by atoms with Gasteiger partial charge in [0.2, 0.25) is 0 Å². The molecule has 0 radical (unpaired) electrons. The van der Waals surface area contributed by atoms with Crippen LogP contribution < -0.4 is 10.5 Å². The highest BCUT2D eigenvalue weighted by molar-refractivity contribution is 5.91. The smallest absolute Gasteiger partial charge is 0.337 e. The summed E-state index contributed by atoms with van der Waals surface area (Å²) >= 11 is 0. The number of nitrogens with zero attached hydrogens (tertiary/aromatic N) is 2. The van der Waals surface area contributed by atoms with Crippen LogP contribution in [0.5, 0.6) is 5.75 Å². The van der Waals surface area contributed by atoms with Crippen molar-refractivity contribution in [3.05, 3.63) is 54.1 Å². The number of carboxylic acids is 1. The van der Waals surface area contributed by atoms with Gasteiger partial charge in [-0.05, 0) is 30.8 Å². The van der Waals surface area contributed by atoms with Crippen molar-refractivity contribution in [2.75, 3.05) is 13.7 Å². The van der Waals surface area contributed by atoms with Crippen molar-refractivity contribution in [1.29, 1.82) is 0 Å². The molecule has 0 bridgehead atoms. The fourth-order valence-electron chi connectivity index (χ4n) is 2.61. The van der Waals surface area contributed by atoms with E-state index in [9.17, 15) is 9.90 Å². The molecule has 3 rings (SSSR count). The Bertz CT molecular complexity index is 905. The molecule has 7 heteroatoms. The number of carbonyl (C=O) groups is 1. The number of hydrogen-bond acceptors (Lipinski definition) is 5. The van der Waals surface area contributed by atoms with Gasteiger partial charge >= 0.3 is 5.97 Å². The van der Waals surface area contributed by atoms with Gasteiger partial charge in [0.05, 0.1) is 24.6 Å². The van der Waals surface area contributed by atoms with Crippen LogP contribution in [0, 0.1) is 0 Å². The van der Waals surface area contributed by atoms with Crippen molar-refractivity contribution in [2.24, 2.45) is 5.73 Å². The van der Waals surface area contributed by atoms with Crippen LogP contribution >= 0.6 is 0 Å². The molecule has 25 heavy (non-hydrogen) atoms. The highest BCUT2D eigenvalue weighted by Crippen LogP contribution is 2.27. The maximum atomic E-state index is 11.4. The topological polar surface area (TPSA) is 114 Å². The number of nitrogens with one attached hydrogen (secondary N) is 1. The summed E-state index contributed by atoms with van der Waals surface area (Å²) in [4.78, 5) is 23.1. The zero-order valence-electron chi connectivity index (χ0n) is 13.7. The molecule has 0 aliphatic rings. The van der Waals surface area contributed by atoms with Gasteiger partial charge in [0, 0.05) is 41.3 Å². The van der Waals surface area contributed by atoms with E-state index in [1.165, 1.54) is 0 Å². The molecule has 7 nitrogen and oxygen atoms in total. The first kappa shape index (κ1) is 16.7. The Kier molecular flexibility index (Phi) is 4.76. The molecule has 0 saturated carbocycles. The van der Waals surface area contributed by atoms with E-state index in [0.29, 0.717) is 30.1 Å². The van der Waals surface area contributed by atoms with Crippen LogP contribution in [-0.4, -0.2) is 39.7 Å². The number of aromatic nitrogens is 3. The van der Waals surface area contributed by atoms with Crippen molar-refractivity contribution in [3.8, 4) is 28.3 Å². The van der Waals surface area contributed by atoms with E-state index in [0.717, 1.165) is 16.8 Å². The van der Waals surface area contributed by atoms with E-state index in [2.05, 4.69) is 15.0 Å². The fourth-order valence-corrected chi connectivity index (χ4v) is 2.61.